The highest BCUT2D eigenvalue weighted by Crippen LogP contribution is 2.34. The summed E-state index contributed by atoms with van der Waals surface area (Å²) in [7, 11) is 1.73. The fourth-order valence-electron chi connectivity index (χ4n) is 3.01. The lowest BCUT2D eigenvalue weighted by molar-refractivity contribution is -0.117. The highest BCUT2D eigenvalue weighted by Gasteiger charge is 2.32. The van der Waals surface area contributed by atoms with Crippen molar-refractivity contribution in [2.75, 3.05) is 23.8 Å². The number of nitrogens with one attached hydrogen (secondary N) is 2. The molecule has 7 nitrogen and oxygen atoms in total. The number of nitrogens with zero attached hydrogens (tertiary/aromatic N) is 3. The fraction of sp³-hybridized carbons (Fsp3) is 0.350. The maximum Gasteiger partial charge on any atom is 0.329 e. The molecule has 0 fully saturated rings. The Morgan fingerprint density at radius 1 is 1.22 bits per heavy atom. The van der Waals surface area contributed by atoms with Gasteiger partial charge in [-0.15, -0.1) is 0 Å². The number of likely N-dealkylation sites (N-methyl/N-ethyl adjacent to an activating group) is 1. The first-order valence-electron chi connectivity index (χ1n) is 9.17. The monoisotopic (exact) mass is 367 g/mol. The summed E-state index contributed by atoms with van der Waals surface area (Å²) in [4.78, 5) is 33.2. The maximum atomic E-state index is 13.0. The third-order valence-electron chi connectivity index (χ3n) is 4.58. The third kappa shape index (κ3) is 3.93. The van der Waals surface area contributed by atoms with E-state index in [1.54, 1.807) is 29.8 Å². The molecule has 1 aliphatic heterocycles. The lowest BCUT2D eigenvalue weighted by Crippen LogP contribution is -2.45. The molecule has 0 radical (unpaired) electrons. The molecule has 2 N–H and O–H groups in total. The Balaban J connectivity index is 1.97. The van der Waals surface area contributed by atoms with E-state index >= 15 is 0 Å². The van der Waals surface area contributed by atoms with Crippen molar-refractivity contribution in [1.82, 2.24) is 15.2 Å². The van der Waals surface area contributed by atoms with Crippen LogP contribution in [-0.4, -0.2) is 41.5 Å². The van der Waals surface area contributed by atoms with Crippen molar-refractivity contribution in [1.29, 1.82) is 0 Å². The number of hydrogen-bond acceptors (Lipinski definition) is 4. The van der Waals surface area contributed by atoms with Crippen molar-refractivity contribution in [2.24, 2.45) is 0 Å². The van der Waals surface area contributed by atoms with Crippen LogP contribution in [-0.2, 0) is 11.3 Å². The van der Waals surface area contributed by atoms with E-state index in [1.807, 2.05) is 43.3 Å². The molecule has 0 saturated carbocycles. The lowest BCUT2D eigenvalue weighted by Gasteiger charge is -2.36. The molecular formula is C20H25N5O2. The second-order valence-corrected chi connectivity index (χ2v) is 6.54. The van der Waals surface area contributed by atoms with Crippen molar-refractivity contribution < 1.29 is 9.59 Å². The zero-order valence-electron chi connectivity index (χ0n) is 15.9. The molecule has 3 rings (SSSR count). The van der Waals surface area contributed by atoms with Gasteiger partial charge in [0.05, 0.1) is 29.7 Å². The number of carbonyl (C=O) groups excluding carboxylic acids is 2. The molecule has 1 atom stereocenters. The van der Waals surface area contributed by atoms with Crippen LogP contribution >= 0.6 is 0 Å². The Bertz CT molecular complexity index is 824. The summed E-state index contributed by atoms with van der Waals surface area (Å²) in [5, 5.41) is 5.73. The SMILES string of the molecule is CCCN1Cc2nc(NC(=O)C(C)NC)ccc2N(c2ccccc2)C1=O. The van der Waals surface area contributed by atoms with Gasteiger partial charge in [0.1, 0.15) is 5.82 Å². The molecule has 1 aromatic carbocycles. The van der Waals surface area contributed by atoms with Gasteiger partial charge >= 0.3 is 6.03 Å². The first kappa shape index (κ1) is 18.8. The highest BCUT2D eigenvalue weighted by molar-refractivity contribution is 6.02. The molecule has 0 aliphatic carbocycles. The van der Waals surface area contributed by atoms with E-state index in [9.17, 15) is 9.59 Å². The minimum atomic E-state index is -0.318. The van der Waals surface area contributed by atoms with Gasteiger partial charge in [-0.25, -0.2) is 9.78 Å². The van der Waals surface area contributed by atoms with Crippen molar-refractivity contribution in [2.45, 2.75) is 32.9 Å². The van der Waals surface area contributed by atoms with Crippen LogP contribution in [0, 0.1) is 0 Å². The van der Waals surface area contributed by atoms with Crippen LogP contribution in [0.2, 0.25) is 0 Å². The molecule has 27 heavy (non-hydrogen) atoms. The van der Waals surface area contributed by atoms with Gasteiger partial charge in [0.2, 0.25) is 5.91 Å². The van der Waals surface area contributed by atoms with E-state index in [1.165, 1.54) is 0 Å². The summed E-state index contributed by atoms with van der Waals surface area (Å²) < 4.78 is 0. The van der Waals surface area contributed by atoms with Crippen molar-refractivity contribution in [3.05, 3.63) is 48.2 Å². The van der Waals surface area contributed by atoms with Gasteiger partial charge in [0, 0.05) is 6.54 Å². The molecule has 2 heterocycles. The van der Waals surface area contributed by atoms with E-state index in [2.05, 4.69) is 15.6 Å². The van der Waals surface area contributed by atoms with E-state index in [0.717, 1.165) is 23.5 Å². The number of pyridine rings is 1. The summed E-state index contributed by atoms with van der Waals surface area (Å²) in [5.74, 6) is 0.335. The van der Waals surface area contributed by atoms with Gasteiger partial charge in [-0.05, 0) is 44.7 Å². The van der Waals surface area contributed by atoms with Gasteiger partial charge in [-0.2, -0.15) is 0 Å². The molecule has 2 aromatic rings. The van der Waals surface area contributed by atoms with Gasteiger partial charge in [-0.1, -0.05) is 25.1 Å². The molecule has 1 unspecified atom stereocenters. The quantitative estimate of drug-likeness (QED) is 0.822. The van der Waals surface area contributed by atoms with Crippen LogP contribution in [0.3, 0.4) is 0 Å². The predicted octanol–water partition coefficient (Wildman–Crippen LogP) is 3.11. The van der Waals surface area contributed by atoms with Crippen LogP contribution in [0.15, 0.2) is 42.5 Å². The van der Waals surface area contributed by atoms with Gasteiger partial charge in [-0.3, -0.25) is 9.69 Å². The van der Waals surface area contributed by atoms with Crippen LogP contribution in [0.1, 0.15) is 26.0 Å². The topological polar surface area (TPSA) is 77.6 Å². The second-order valence-electron chi connectivity index (χ2n) is 6.54. The first-order chi connectivity index (χ1) is 13.0. The molecule has 3 amide bonds. The number of hydrogen-bond donors (Lipinski definition) is 2. The highest BCUT2D eigenvalue weighted by atomic mass is 16.2. The Labute approximate surface area is 159 Å². The average Bonchev–Trinajstić information content (AvgIpc) is 2.69. The fourth-order valence-corrected chi connectivity index (χ4v) is 3.01. The smallest absolute Gasteiger partial charge is 0.318 e. The zero-order chi connectivity index (χ0) is 19.4. The molecule has 0 bridgehead atoms. The van der Waals surface area contributed by atoms with Crippen LogP contribution in [0.25, 0.3) is 0 Å². The van der Waals surface area contributed by atoms with Crippen molar-refractivity contribution in [3.63, 3.8) is 0 Å². The minimum Gasteiger partial charge on any atom is -0.318 e. The molecule has 7 heteroatoms. The summed E-state index contributed by atoms with van der Waals surface area (Å²) >= 11 is 0. The maximum absolute atomic E-state index is 13.0. The first-order valence-corrected chi connectivity index (χ1v) is 9.17. The van der Waals surface area contributed by atoms with Crippen molar-refractivity contribution >= 4 is 29.1 Å². The molecule has 0 spiro atoms. The molecule has 142 valence electrons. The Kier molecular flexibility index (Phi) is 5.71. The molecule has 1 aliphatic rings. The molecule has 0 saturated heterocycles. The summed E-state index contributed by atoms with van der Waals surface area (Å²) in [6.45, 7) is 4.90. The average molecular weight is 367 g/mol. The standard InChI is InChI=1S/C20H25N5O2/c1-4-12-24-13-16-17(25(20(24)27)15-8-6-5-7-9-15)10-11-18(22-16)23-19(26)14(2)21-3/h5-11,14,21H,4,12-13H2,1-3H3,(H,22,23,26). The van der Waals surface area contributed by atoms with E-state index in [-0.39, 0.29) is 18.0 Å². The van der Waals surface area contributed by atoms with Gasteiger partial charge < -0.3 is 15.5 Å². The van der Waals surface area contributed by atoms with Crippen LogP contribution in [0.5, 0.6) is 0 Å². The number of benzene rings is 1. The van der Waals surface area contributed by atoms with Crippen LogP contribution in [0.4, 0.5) is 22.0 Å². The third-order valence-corrected chi connectivity index (χ3v) is 4.58. The van der Waals surface area contributed by atoms with Crippen molar-refractivity contribution in [3.8, 4) is 0 Å². The Morgan fingerprint density at radius 3 is 2.63 bits per heavy atom. The zero-order valence-corrected chi connectivity index (χ0v) is 15.9. The summed E-state index contributed by atoms with van der Waals surface area (Å²) in [6, 6.07) is 12.7. The van der Waals surface area contributed by atoms with Gasteiger partial charge in [0.25, 0.3) is 0 Å². The minimum absolute atomic E-state index is 0.0575. The van der Waals surface area contributed by atoms with Gasteiger partial charge in [0.15, 0.2) is 0 Å². The van der Waals surface area contributed by atoms with Crippen LogP contribution < -0.4 is 15.5 Å². The number of para-hydroxylation sites is 1. The van der Waals surface area contributed by atoms with E-state index in [4.69, 9.17) is 0 Å². The predicted molar refractivity (Wildman–Crippen MR) is 106 cm³/mol. The second kappa shape index (κ2) is 8.18. The van der Waals surface area contributed by atoms with E-state index < -0.39 is 0 Å². The largest absolute Gasteiger partial charge is 0.329 e. The Morgan fingerprint density at radius 2 is 1.96 bits per heavy atom. The Hall–Kier alpha value is -2.93. The molecular weight excluding hydrogens is 342 g/mol. The van der Waals surface area contributed by atoms with E-state index in [0.29, 0.717) is 18.9 Å². The summed E-state index contributed by atoms with van der Waals surface area (Å²) in [6.07, 6.45) is 0.861. The molecule has 1 aromatic heterocycles. The number of anilines is 3. The number of urea groups is 1. The number of fused-ring (bicyclic) bond motifs is 1. The number of rotatable bonds is 6. The number of amides is 3. The lowest BCUT2D eigenvalue weighted by atomic mass is 10.1. The number of aromatic nitrogens is 1. The number of carbonyl (C=O) groups is 2. The normalized spacial score (nSPS) is 14.7. The summed E-state index contributed by atoms with van der Waals surface area (Å²) in [5.41, 5.74) is 2.31.